The van der Waals surface area contributed by atoms with Crippen LogP contribution in [-0.4, -0.2) is 69.7 Å². The highest BCUT2D eigenvalue weighted by Gasteiger charge is 2.72. The number of halogens is 3. The number of carbonyl (C=O) groups excluding carboxylic acids is 1. The van der Waals surface area contributed by atoms with Crippen molar-refractivity contribution in [3.05, 3.63) is 47.2 Å². The molecule has 2 heterocycles. The predicted molar refractivity (Wildman–Crippen MR) is 176 cm³/mol. The molecule has 5 rings (SSSR count). The molecule has 0 saturated carbocycles. The minimum absolute atomic E-state index is 0.0466. The van der Waals surface area contributed by atoms with Gasteiger partial charge in [-0.2, -0.15) is 13.2 Å². The topological polar surface area (TPSA) is 117 Å². The van der Waals surface area contributed by atoms with Crippen molar-refractivity contribution in [1.29, 1.82) is 0 Å². The summed E-state index contributed by atoms with van der Waals surface area (Å²) in [6.45, 7) is 3.08. The first-order chi connectivity index (χ1) is 22.9. The van der Waals surface area contributed by atoms with Crippen molar-refractivity contribution < 1.29 is 47.6 Å². The number of likely N-dealkylation sites (tertiary alicyclic amines) is 1. The van der Waals surface area contributed by atoms with Crippen molar-refractivity contribution in [3.8, 4) is 11.5 Å². The summed E-state index contributed by atoms with van der Waals surface area (Å²) in [7, 11) is 2.07. The molecule has 0 aromatic heterocycles. The van der Waals surface area contributed by atoms with Gasteiger partial charge < -0.3 is 29.7 Å². The molecule has 1 unspecified atom stereocenters. The minimum Gasteiger partial charge on any atom is -0.504 e. The highest BCUT2D eigenvalue weighted by atomic mass is 19.4. The van der Waals surface area contributed by atoms with Gasteiger partial charge in [0.25, 0.3) is 0 Å². The largest absolute Gasteiger partial charge is 0.504 e. The number of carbonyl (C=O) groups is 2. The molecule has 2 bridgehead atoms. The molecule has 268 valence electrons. The fourth-order valence-corrected chi connectivity index (χ4v) is 7.96. The van der Waals surface area contributed by atoms with Crippen LogP contribution in [0.3, 0.4) is 0 Å². The van der Waals surface area contributed by atoms with E-state index in [0.717, 1.165) is 43.4 Å². The molecule has 11 heteroatoms. The number of esters is 1. The molecule has 4 aliphatic rings. The number of carboxylic acids is 1. The number of aromatic hydroxyl groups is 1. The third kappa shape index (κ3) is 8.21. The van der Waals surface area contributed by atoms with E-state index in [0.29, 0.717) is 37.2 Å². The van der Waals surface area contributed by atoms with Gasteiger partial charge in [0, 0.05) is 24.4 Å². The second kappa shape index (κ2) is 16.6. The molecule has 1 fully saturated rings. The number of piperidine rings is 1. The number of ether oxygens (including phenoxy) is 2. The quantitative estimate of drug-likeness (QED) is 0.0918. The second-order valence-electron chi connectivity index (χ2n) is 13.7. The van der Waals surface area contributed by atoms with Gasteiger partial charge in [-0.15, -0.1) is 0 Å². The number of benzene rings is 1. The zero-order chi connectivity index (χ0) is 35.0. The molecule has 1 saturated heterocycles. The van der Waals surface area contributed by atoms with E-state index >= 15 is 0 Å². The number of rotatable bonds is 16. The third-order valence-electron chi connectivity index (χ3n) is 10.5. The Hall–Kier alpha value is -3.05. The molecule has 0 radical (unpaired) electrons. The molecule has 1 aromatic carbocycles. The fraction of sp³-hybridized carbons (Fsp3) is 0.676. The number of aliphatic carboxylic acids is 1. The van der Waals surface area contributed by atoms with Crippen LogP contribution in [0, 0.1) is 0 Å². The highest BCUT2D eigenvalue weighted by molar-refractivity contribution is 5.73. The average molecular weight is 680 g/mol. The van der Waals surface area contributed by atoms with Crippen molar-refractivity contribution in [3.63, 3.8) is 0 Å². The van der Waals surface area contributed by atoms with E-state index in [2.05, 4.69) is 31.0 Å². The Labute approximate surface area is 282 Å². The number of nitrogens with zero attached hydrogens (tertiary/aromatic N) is 1. The Kier molecular flexibility index (Phi) is 13.0. The van der Waals surface area contributed by atoms with E-state index in [9.17, 15) is 28.2 Å². The first-order valence-electron chi connectivity index (χ1n) is 17.7. The van der Waals surface area contributed by atoms with Gasteiger partial charge in [0.05, 0.1) is 11.0 Å². The van der Waals surface area contributed by atoms with Crippen LogP contribution in [0.2, 0.25) is 0 Å². The van der Waals surface area contributed by atoms with Crippen LogP contribution in [0.15, 0.2) is 36.1 Å². The first-order valence-corrected chi connectivity index (χ1v) is 17.7. The van der Waals surface area contributed by atoms with Gasteiger partial charge in [0.1, 0.15) is 5.76 Å². The highest BCUT2D eigenvalue weighted by Crippen LogP contribution is 2.65. The van der Waals surface area contributed by atoms with Crippen molar-refractivity contribution >= 4 is 11.9 Å². The molecule has 2 aliphatic carbocycles. The van der Waals surface area contributed by atoms with Crippen LogP contribution < -0.4 is 4.74 Å². The zero-order valence-electron chi connectivity index (χ0n) is 28.3. The second-order valence-corrected chi connectivity index (χ2v) is 13.7. The summed E-state index contributed by atoms with van der Waals surface area (Å²) in [5.74, 6) is -1.95. The number of hydrogen-bond acceptors (Lipinski definition) is 7. The van der Waals surface area contributed by atoms with Crippen LogP contribution in [0.4, 0.5) is 13.2 Å². The van der Waals surface area contributed by atoms with Crippen LogP contribution in [0.25, 0.3) is 0 Å². The Bertz CT molecular complexity index is 1330. The Balaban J connectivity index is 0.000000671. The van der Waals surface area contributed by atoms with E-state index in [4.69, 9.17) is 19.4 Å². The first kappa shape index (κ1) is 37.8. The summed E-state index contributed by atoms with van der Waals surface area (Å²) in [6, 6.07) is 3.60. The van der Waals surface area contributed by atoms with Gasteiger partial charge in [-0.05, 0) is 76.2 Å². The number of phenols is 1. The standard InChI is InChI=1S/C35H51NO5.C2HF3O2/c1-3-4-5-6-7-8-9-10-11-12-13-14-15-16-17-18-30(38)40-28-21-22-35(39)29-25-26-19-20-27(37)32-31(26)34(35,33(28)41-32)23-24-36(29)2;3-2(4,5)1(6)7/h10-11,19-21,29,33,37,39H,3-9,12-18,22-25H2,1-2H3;(H,6,7)/t29?,33-,34-,35-;/m0./s1. The molecule has 4 atom stereocenters. The van der Waals surface area contributed by atoms with Crippen LogP contribution in [0.5, 0.6) is 11.5 Å². The molecule has 1 spiro atoms. The van der Waals surface area contributed by atoms with Gasteiger partial charge in [0.2, 0.25) is 0 Å². The van der Waals surface area contributed by atoms with Crippen LogP contribution in [-0.2, 0) is 26.2 Å². The van der Waals surface area contributed by atoms with Crippen LogP contribution >= 0.6 is 0 Å². The van der Waals surface area contributed by atoms with Gasteiger partial charge >= 0.3 is 18.1 Å². The molecule has 48 heavy (non-hydrogen) atoms. The summed E-state index contributed by atoms with van der Waals surface area (Å²) in [5, 5.41) is 30.0. The van der Waals surface area contributed by atoms with E-state index in [-0.39, 0.29) is 17.8 Å². The molecular formula is C37H52F3NO7. The molecule has 2 aliphatic heterocycles. The summed E-state index contributed by atoms with van der Waals surface area (Å²) < 4.78 is 44.1. The maximum absolute atomic E-state index is 12.9. The number of hydrogen-bond donors (Lipinski definition) is 3. The molecular weight excluding hydrogens is 627 g/mol. The van der Waals surface area contributed by atoms with Gasteiger partial charge in [-0.1, -0.05) is 76.5 Å². The lowest BCUT2D eigenvalue weighted by molar-refractivity contribution is -0.192. The molecule has 0 amide bonds. The Morgan fingerprint density at radius 3 is 2.25 bits per heavy atom. The number of likely N-dealkylation sites (N-methyl/N-ethyl adjacent to an activating group) is 1. The Morgan fingerprint density at radius 2 is 1.62 bits per heavy atom. The number of phenolic OH excluding ortho intramolecular Hbond substituents is 1. The molecule has 1 aromatic rings. The summed E-state index contributed by atoms with van der Waals surface area (Å²) in [5.41, 5.74) is 0.297. The maximum Gasteiger partial charge on any atom is 0.490 e. The average Bonchev–Trinajstić information content (AvgIpc) is 3.40. The normalized spacial score (nSPS) is 25.5. The van der Waals surface area contributed by atoms with E-state index in [1.807, 2.05) is 12.1 Å². The fourth-order valence-electron chi connectivity index (χ4n) is 7.96. The lowest BCUT2D eigenvalue weighted by Gasteiger charge is -2.61. The zero-order valence-corrected chi connectivity index (χ0v) is 28.3. The number of carboxylic acid groups (broad SMARTS) is 1. The van der Waals surface area contributed by atoms with E-state index < -0.39 is 29.3 Å². The van der Waals surface area contributed by atoms with Gasteiger partial charge in [-0.3, -0.25) is 4.79 Å². The van der Waals surface area contributed by atoms with Crippen molar-refractivity contribution in [2.24, 2.45) is 0 Å². The summed E-state index contributed by atoms with van der Waals surface area (Å²) in [4.78, 5) is 24.0. The van der Waals surface area contributed by atoms with Crippen molar-refractivity contribution in [2.75, 3.05) is 13.6 Å². The van der Waals surface area contributed by atoms with Gasteiger partial charge in [0.15, 0.2) is 17.6 Å². The lowest BCUT2D eigenvalue weighted by Crippen LogP contribution is -2.74. The number of aliphatic hydroxyl groups is 1. The predicted octanol–water partition coefficient (Wildman–Crippen LogP) is 7.88. The monoisotopic (exact) mass is 679 g/mol. The number of unbranched alkanes of at least 4 members (excludes halogenated alkanes) is 11. The maximum atomic E-state index is 12.9. The lowest BCUT2D eigenvalue weighted by atomic mass is 9.50. The van der Waals surface area contributed by atoms with Crippen molar-refractivity contribution in [2.45, 2.75) is 145 Å². The van der Waals surface area contributed by atoms with E-state index in [1.54, 1.807) is 6.07 Å². The smallest absolute Gasteiger partial charge is 0.490 e. The van der Waals surface area contributed by atoms with Gasteiger partial charge in [-0.25, -0.2) is 4.79 Å². The summed E-state index contributed by atoms with van der Waals surface area (Å²) >= 11 is 0. The van der Waals surface area contributed by atoms with Crippen LogP contribution in [0.1, 0.15) is 121 Å². The van der Waals surface area contributed by atoms with Crippen molar-refractivity contribution in [1.82, 2.24) is 4.90 Å². The summed E-state index contributed by atoms with van der Waals surface area (Å²) in [6.07, 6.45) is 18.9. The molecule has 3 N–H and O–H groups in total. The molecule has 8 nitrogen and oxygen atoms in total. The minimum atomic E-state index is -5.08. The number of alkyl halides is 3. The Morgan fingerprint density at radius 1 is 1.02 bits per heavy atom. The number of allylic oxidation sites excluding steroid dienone is 2. The van der Waals surface area contributed by atoms with E-state index in [1.165, 1.54) is 57.8 Å². The third-order valence-corrected chi connectivity index (χ3v) is 10.5. The SMILES string of the molecule is CCCCCCCCC=CCCCCCCCC(=O)OC1=CC[C@]2(O)C3Cc4ccc(O)c5c4[C@@]2(CCN3C)[C@H]1O5.O=C(O)C(F)(F)F.